The van der Waals surface area contributed by atoms with E-state index in [1.807, 2.05) is 10.7 Å². The molecule has 128 valence electrons. The molecule has 0 saturated carbocycles. The van der Waals surface area contributed by atoms with Crippen molar-refractivity contribution in [2.75, 3.05) is 4.90 Å². The van der Waals surface area contributed by atoms with E-state index < -0.39 is 0 Å². The van der Waals surface area contributed by atoms with E-state index in [4.69, 9.17) is 0 Å². The molecular formula is C19H19N3O3. The fourth-order valence-electron chi connectivity index (χ4n) is 2.78. The molecule has 25 heavy (non-hydrogen) atoms. The molecule has 2 aromatic rings. The van der Waals surface area contributed by atoms with Gasteiger partial charge in [-0.25, -0.2) is 0 Å². The monoisotopic (exact) mass is 337 g/mol. The summed E-state index contributed by atoms with van der Waals surface area (Å²) in [7, 11) is 0. The quantitative estimate of drug-likeness (QED) is 0.462. The van der Waals surface area contributed by atoms with Crippen molar-refractivity contribution in [3.8, 4) is 0 Å². The molecule has 0 atom stereocenters. The van der Waals surface area contributed by atoms with Crippen molar-refractivity contribution in [2.24, 2.45) is 0 Å². The summed E-state index contributed by atoms with van der Waals surface area (Å²) >= 11 is 0. The van der Waals surface area contributed by atoms with Crippen LogP contribution in [0.4, 0.5) is 5.69 Å². The van der Waals surface area contributed by atoms with E-state index in [1.165, 1.54) is 11.0 Å². The van der Waals surface area contributed by atoms with Crippen molar-refractivity contribution in [3.63, 3.8) is 0 Å². The van der Waals surface area contributed by atoms with Crippen molar-refractivity contribution in [1.82, 2.24) is 9.78 Å². The van der Waals surface area contributed by atoms with Crippen molar-refractivity contribution >= 4 is 29.4 Å². The molecule has 0 radical (unpaired) electrons. The molecule has 2 amide bonds. The van der Waals surface area contributed by atoms with E-state index in [9.17, 15) is 14.4 Å². The maximum atomic E-state index is 12.3. The largest absolute Gasteiger partial charge is 0.289 e. The third-order valence-electron chi connectivity index (χ3n) is 4.05. The third-order valence-corrected chi connectivity index (χ3v) is 4.05. The second-order valence-corrected chi connectivity index (χ2v) is 5.85. The number of ketones is 1. The summed E-state index contributed by atoms with van der Waals surface area (Å²) in [6, 6.07) is 8.37. The van der Waals surface area contributed by atoms with Crippen molar-refractivity contribution in [3.05, 3.63) is 53.9 Å². The normalized spacial score (nSPS) is 14.7. The predicted octanol–water partition coefficient (Wildman–Crippen LogP) is 2.84. The minimum absolute atomic E-state index is 0.144. The molecule has 0 bridgehead atoms. The van der Waals surface area contributed by atoms with Crippen LogP contribution in [0.1, 0.15) is 42.2 Å². The molecule has 2 heterocycles. The average molecular weight is 337 g/mol. The maximum absolute atomic E-state index is 12.3. The van der Waals surface area contributed by atoms with Gasteiger partial charge in [-0.1, -0.05) is 6.92 Å². The van der Waals surface area contributed by atoms with Gasteiger partial charge in [-0.05, 0) is 48.9 Å². The molecule has 6 nitrogen and oxygen atoms in total. The number of hydrogen-bond acceptors (Lipinski definition) is 4. The van der Waals surface area contributed by atoms with Gasteiger partial charge in [0.25, 0.3) is 0 Å². The van der Waals surface area contributed by atoms with Gasteiger partial charge >= 0.3 is 0 Å². The van der Waals surface area contributed by atoms with Crippen molar-refractivity contribution in [1.29, 1.82) is 0 Å². The molecule has 1 fully saturated rings. The lowest BCUT2D eigenvalue weighted by Crippen LogP contribution is -2.28. The highest BCUT2D eigenvalue weighted by molar-refractivity contribution is 6.20. The lowest BCUT2D eigenvalue weighted by molar-refractivity contribution is -0.121. The summed E-state index contributed by atoms with van der Waals surface area (Å²) in [5.74, 6) is -0.545. The van der Waals surface area contributed by atoms with Gasteiger partial charge in [0.2, 0.25) is 11.8 Å². The first-order chi connectivity index (χ1) is 12.1. The van der Waals surface area contributed by atoms with Gasteiger partial charge in [0, 0.05) is 31.1 Å². The Morgan fingerprint density at radius 3 is 2.44 bits per heavy atom. The van der Waals surface area contributed by atoms with Crippen molar-refractivity contribution < 1.29 is 14.4 Å². The molecular weight excluding hydrogens is 318 g/mol. The molecule has 0 unspecified atom stereocenters. The SMILES string of the molecule is CCCn1nccc1/C=C/C(=O)c1ccc(N2C(=O)CCC2=O)cc1. The number of aromatic nitrogens is 2. The van der Waals surface area contributed by atoms with Gasteiger partial charge in [-0.15, -0.1) is 0 Å². The fourth-order valence-corrected chi connectivity index (χ4v) is 2.78. The first kappa shape index (κ1) is 16.8. The van der Waals surface area contributed by atoms with Crippen LogP contribution in [0, 0.1) is 0 Å². The molecule has 1 aliphatic heterocycles. The van der Waals surface area contributed by atoms with Crippen LogP contribution >= 0.6 is 0 Å². The Hall–Kier alpha value is -3.02. The first-order valence-electron chi connectivity index (χ1n) is 8.30. The second kappa shape index (κ2) is 7.25. The van der Waals surface area contributed by atoms with Gasteiger partial charge in [-0.3, -0.25) is 24.0 Å². The standard InChI is InChI=1S/C19H19N3O3/c1-2-13-21-15(11-12-20-21)7-8-17(23)14-3-5-16(6-4-14)22-18(24)9-10-19(22)25/h3-8,11-12H,2,9-10,13H2,1H3/b8-7+. The molecule has 1 aromatic heterocycles. The third kappa shape index (κ3) is 3.57. The van der Waals surface area contributed by atoms with E-state index in [0.29, 0.717) is 11.3 Å². The topological polar surface area (TPSA) is 72.3 Å². The molecule has 0 spiro atoms. The highest BCUT2D eigenvalue weighted by Crippen LogP contribution is 2.23. The van der Waals surface area contributed by atoms with Gasteiger partial charge < -0.3 is 0 Å². The minimum atomic E-state index is -0.201. The van der Waals surface area contributed by atoms with Crippen LogP contribution in [0.3, 0.4) is 0 Å². The Morgan fingerprint density at radius 1 is 1.12 bits per heavy atom. The Balaban J connectivity index is 1.72. The number of benzene rings is 1. The number of hydrogen-bond donors (Lipinski definition) is 0. The number of amides is 2. The van der Waals surface area contributed by atoms with Crippen LogP contribution in [-0.4, -0.2) is 27.4 Å². The van der Waals surface area contributed by atoms with E-state index in [2.05, 4.69) is 12.0 Å². The number of aryl methyl sites for hydroxylation is 1. The number of anilines is 1. The number of carbonyl (C=O) groups is 3. The Morgan fingerprint density at radius 2 is 1.80 bits per heavy atom. The fraction of sp³-hybridized carbons (Fsp3) is 0.263. The second-order valence-electron chi connectivity index (χ2n) is 5.85. The summed E-state index contributed by atoms with van der Waals surface area (Å²) in [6.45, 7) is 2.87. The van der Waals surface area contributed by atoms with Gasteiger partial charge in [0.1, 0.15) is 0 Å². The Kier molecular flexibility index (Phi) is 4.88. The molecule has 0 N–H and O–H groups in total. The summed E-state index contributed by atoms with van der Waals surface area (Å²) < 4.78 is 1.84. The molecule has 1 aliphatic rings. The minimum Gasteiger partial charge on any atom is -0.289 e. The smallest absolute Gasteiger partial charge is 0.234 e. The number of carbonyl (C=O) groups excluding carboxylic acids is 3. The van der Waals surface area contributed by atoms with Gasteiger partial charge in [0.05, 0.1) is 11.4 Å². The Labute approximate surface area is 145 Å². The van der Waals surface area contributed by atoms with Crippen molar-refractivity contribution in [2.45, 2.75) is 32.7 Å². The van der Waals surface area contributed by atoms with E-state index >= 15 is 0 Å². The van der Waals surface area contributed by atoms with Gasteiger partial charge in [-0.2, -0.15) is 5.10 Å². The Bertz CT molecular complexity index is 818. The zero-order valence-electron chi connectivity index (χ0n) is 14.0. The zero-order valence-corrected chi connectivity index (χ0v) is 14.0. The van der Waals surface area contributed by atoms with Crippen LogP contribution in [0.25, 0.3) is 6.08 Å². The lowest BCUT2D eigenvalue weighted by atomic mass is 10.1. The van der Waals surface area contributed by atoms with Crippen LogP contribution in [0.15, 0.2) is 42.6 Å². The predicted molar refractivity (Wildman–Crippen MR) is 94.1 cm³/mol. The molecule has 3 rings (SSSR count). The number of imide groups is 1. The van der Waals surface area contributed by atoms with Crippen LogP contribution in [-0.2, 0) is 16.1 Å². The highest BCUT2D eigenvalue weighted by atomic mass is 16.2. The summed E-state index contributed by atoms with van der Waals surface area (Å²) in [5.41, 5.74) is 1.88. The number of rotatable bonds is 6. The lowest BCUT2D eigenvalue weighted by Gasteiger charge is -2.13. The summed E-state index contributed by atoms with van der Waals surface area (Å²) in [5, 5.41) is 4.21. The zero-order chi connectivity index (χ0) is 17.8. The molecule has 1 aromatic carbocycles. The van der Waals surface area contributed by atoms with Crippen LogP contribution in [0.2, 0.25) is 0 Å². The maximum Gasteiger partial charge on any atom is 0.234 e. The molecule has 6 heteroatoms. The number of allylic oxidation sites excluding steroid dienone is 1. The number of nitrogens with zero attached hydrogens (tertiary/aromatic N) is 3. The molecule has 0 aliphatic carbocycles. The average Bonchev–Trinajstić information content (AvgIpc) is 3.19. The van der Waals surface area contributed by atoms with Crippen LogP contribution in [0.5, 0.6) is 0 Å². The molecule has 1 saturated heterocycles. The van der Waals surface area contributed by atoms with Gasteiger partial charge in [0.15, 0.2) is 5.78 Å². The van der Waals surface area contributed by atoms with Crippen LogP contribution < -0.4 is 4.90 Å². The summed E-state index contributed by atoms with van der Waals surface area (Å²) in [4.78, 5) is 37.0. The summed E-state index contributed by atoms with van der Waals surface area (Å²) in [6.07, 6.45) is 6.41. The van der Waals surface area contributed by atoms with E-state index in [1.54, 1.807) is 36.5 Å². The van der Waals surface area contributed by atoms with E-state index in [-0.39, 0.29) is 30.4 Å². The highest BCUT2D eigenvalue weighted by Gasteiger charge is 2.30. The first-order valence-corrected chi connectivity index (χ1v) is 8.30. The van der Waals surface area contributed by atoms with E-state index in [0.717, 1.165) is 18.7 Å².